The van der Waals surface area contributed by atoms with Gasteiger partial charge in [-0.3, -0.25) is 0 Å². The van der Waals surface area contributed by atoms with E-state index < -0.39 is 0 Å². The summed E-state index contributed by atoms with van der Waals surface area (Å²) in [5.74, 6) is 0.794. The van der Waals surface area contributed by atoms with E-state index in [4.69, 9.17) is 0 Å². The summed E-state index contributed by atoms with van der Waals surface area (Å²) in [6.07, 6.45) is 3.17. The third kappa shape index (κ3) is 3.00. The number of hydrogen-bond donors (Lipinski definition) is 2. The Labute approximate surface area is 129 Å². The highest BCUT2D eigenvalue weighted by Gasteiger charge is 2.07. The second-order valence-electron chi connectivity index (χ2n) is 5.17. The van der Waals surface area contributed by atoms with Crippen molar-refractivity contribution in [1.82, 2.24) is 19.9 Å². The minimum atomic E-state index is 0.684. The summed E-state index contributed by atoms with van der Waals surface area (Å²) < 4.78 is 0. The van der Waals surface area contributed by atoms with Crippen LogP contribution >= 0.6 is 0 Å². The Morgan fingerprint density at radius 3 is 2.95 bits per heavy atom. The zero-order chi connectivity index (χ0) is 15.4. The predicted molar refractivity (Wildman–Crippen MR) is 89.2 cm³/mol. The number of H-pyrrole nitrogens is 1. The molecule has 0 aliphatic rings. The van der Waals surface area contributed by atoms with Crippen molar-refractivity contribution in [3.05, 3.63) is 42.5 Å². The van der Waals surface area contributed by atoms with E-state index >= 15 is 0 Å². The first-order valence-corrected chi connectivity index (χ1v) is 7.47. The van der Waals surface area contributed by atoms with Crippen LogP contribution in [0.15, 0.2) is 36.9 Å². The van der Waals surface area contributed by atoms with Gasteiger partial charge in [0.15, 0.2) is 11.5 Å². The maximum atomic E-state index is 4.28. The maximum absolute atomic E-state index is 4.28. The Morgan fingerprint density at radius 2 is 2.14 bits per heavy atom. The number of imidazole rings is 1. The molecule has 0 aliphatic heterocycles. The van der Waals surface area contributed by atoms with Crippen molar-refractivity contribution in [3.8, 4) is 0 Å². The van der Waals surface area contributed by atoms with Crippen LogP contribution in [0.5, 0.6) is 0 Å². The van der Waals surface area contributed by atoms with Gasteiger partial charge in [-0.1, -0.05) is 12.1 Å². The second kappa shape index (κ2) is 6.43. The molecule has 6 nitrogen and oxygen atoms in total. The van der Waals surface area contributed by atoms with Crippen LogP contribution in [0, 0.1) is 6.92 Å². The monoisotopic (exact) mass is 296 g/mol. The number of rotatable bonds is 6. The van der Waals surface area contributed by atoms with Crippen LogP contribution in [0.25, 0.3) is 11.2 Å². The number of aromatic amines is 1. The lowest BCUT2D eigenvalue weighted by molar-refractivity contribution is 0.833. The number of anilines is 2. The smallest absolute Gasteiger partial charge is 0.182 e. The molecule has 0 spiro atoms. The molecule has 0 aliphatic carbocycles. The molecule has 0 unspecified atom stereocenters. The molecule has 0 radical (unpaired) electrons. The van der Waals surface area contributed by atoms with Crippen LogP contribution in [-0.2, 0) is 0 Å². The molecule has 22 heavy (non-hydrogen) atoms. The summed E-state index contributed by atoms with van der Waals surface area (Å²) in [4.78, 5) is 17.9. The third-order valence-electron chi connectivity index (χ3n) is 3.65. The molecule has 114 valence electrons. The molecule has 3 rings (SSSR count). The minimum Gasteiger partial charge on any atom is -0.370 e. The average Bonchev–Trinajstić information content (AvgIpc) is 3.01. The topological polar surface area (TPSA) is 69.7 Å². The van der Waals surface area contributed by atoms with E-state index in [1.807, 2.05) is 0 Å². The Kier molecular flexibility index (Phi) is 4.18. The molecule has 2 N–H and O–H groups in total. The van der Waals surface area contributed by atoms with Crippen molar-refractivity contribution in [2.75, 3.05) is 29.9 Å². The van der Waals surface area contributed by atoms with Crippen molar-refractivity contribution in [1.29, 1.82) is 0 Å². The standard InChI is InChI=1S/C16H20N6/c1-3-22(13-6-4-5-12(2)9-13)8-7-17-15-14-16(19-10-18-14)21-11-20-15/h4-6,9-11H,3,7-8H2,1-2H3,(H2,17,18,19,20,21). The van der Waals surface area contributed by atoms with E-state index in [0.29, 0.717) is 5.65 Å². The Morgan fingerprint density at radius 1 is 1.23 bits per heavy atom. The van der Waals surface area contributed by atoms with Gasteiger partial charge in [0.2, 0.25) is 0 Å². The summed E-state index contributed by atoms with van der Waals surface area (Å²) in [6, 6.07) is 8.57. The second-order valence-corrected chi connectivity index (χ2v) is 5.17. The van der Waals surface area contributed by atoms with Gasteiger partial charge in [-0.05, 0) is 31.5 Å². The molecular weight excluding hydrogens is 276 g/mol. The van der Waals surface area contributed by atoms with Crippen molar-refractivity contribution in [2.45, 2.75) is 13.8 Å². The lowest BCUT2D eigenvalue weighted by Gasteiger charge is -2.23. The van der Waals surface area contributed by atoms with E-state index in [-0.39, 0.29) is 0 Å². The fourth-order valence-electron chi connectivity index (χ4n) is 2.50. The van der Waals surface area contributed by atoms with E-state index in [0.717, 1.165) is 31.0 Å². The molecule has 1 aromatic carbocycles. The molecule has 2 aromatic heterocycles. The number of hydrogen-bond acceptors (Lipinski definition) is 5. The van der Waals surface area contributed by atoms with Crippen LogP contribution < -0.4 is 10.2 Å². The van der Waals surface area contributed by atoms with Gasteiger partial charge >= 0.3 is 0 Å². The zero-order valence-corrected chi connectivity index (χ0v) is 12.9. The Bertz CT molecular complexity index is 751. The highest BCUT2D eigenvalue weighted by Crippen LogP contribution is 2.16. The summed E-state index contributed by atoms with van der Waals surface area (Å²) in [7, 11) is 0. The number of fused-ring (bicyclic) bond motifs is 1. The number of likely N-dealkylation sites (N-methyl/N-ethyl adjacent to an activating group) is 1. The van der Waals surface area contributed by atoms with Crippen LogP contribution in [-0.4, -0.2) is 39.6 Å². The highest BCUT2D eigenvalue weighted by molar-refractivity contribution is 5.81. The molecular formula is C16H20N6. The van der Waals surface area contributed by atoms with Gasteiger partial charge in [0.1, 0.15) is 11.8 Å². The largest absolute Gasteiger partial charge is 0.370 e. The summed E-state index contributed by atoms with van der Waals surface area (Å²) in [5, 5.41) is 3.36. The minimum absolute atomic E-state index is 0.684. The lowest BCUT2D eigenvalue weighted by Crippen LogP contribution is -2.29. The average molecular weight is 296 g/mol. The van der Waals surface area contributed by atoms with Crippen molar-refractivity contribution in [3.63, 3.8) is 0 Å². The Hall–Kier alpha value is -2.63. The zero-order valence-electron chi connectivity index (χ0n) is 12.9. The normalized spacial score (nSPS) is 10.8. The predicted octanol–water partition coefficient (Wildman–Crippen LogP) is 2.60. The van der Waals surface area contributed by atoms with E-state index in [1.165, 1.54) is 17.6 Å². The Balaban J connectivity index is 1.65. The first-order valence-electron chi connectivity index (χ1n) is 7.47. The summed E-state index contributed by atoms with van der Waals surface area (Å²) in [5.41, 5.74) is 4.06. The highest BCUT2D eigenvalue weighted by atomic mass is 15.2. The van der Waals surface area contributed by atoms with Gasteiger partial charge in [-0.15, -0.1) is 0 Å². The van der Waals surface area contributed by atoms with Crippen LogP contribution in [0.4, 0.5) is 11.5 Å². The first-order chi connectivity index (χ1) is 10.8. The number of benzene rings is 1. The van der Waals surface area contributed by atoms with E-state index in [2.05, 4.69) is 68.3 Å². The molecule has 0 atom stereocenters. The van der Waals surface area contributed by atoms with Gasteiger partial charge in [0.05, 0.1) is 6.33 Å². The van der Waals surface area contributed by atoms with Crippen molar-refractivity contribution < 1.29 is 0 Å². The number of aromatic nitrogens is 4. The molecule has 2 heterocycles. The SMILES string of the molecule is CCN(CCNc1ncnc2nc[nH]c12)c1cccc(C)c1. The van der Waals surface area contributed by atoms with Crippen LogP contribution in [0.2, 0.25) is 0 Å². The van der Waals surface area contributed by atoms with Gasteiger partial charge in [-0.2, -0.15) is 0 Å². The number of nitrogens with zero attached hydrogens (tertiary/aromatic N) is 4. The molecule has 6 heteroatoms. The molecule has 0 saturated carbocycles. The molecule has 0 bridgehead atoms. The van der Waals surface area contributed by atoms with Crippen molar-refractivity contribution >= 4 is 22.7 Å². The molecule has 0 fully saturated rings. The molecule has 3 aromatic rings. The van der Waals surface area contributed by atoms with E-state index in [1.54, 1.807) is 6.33 Å². The van der Waals surface area contributed by atoms with Gasteiger partial charge in [0.25, 0.3) is 0 Å². The third-order valence-corrected chi connectivity index (χ3v) is 3.65. The fraction of sp³-hybridized carbons (Fsp3) is 0.312. The quantitative estimate of drug-likeness (QED) is 0.731. The maximum Gasteiger partial charge on any atom is 0.182 e. The van der Waals surface area contributed by atoms with Gasteiger partial charge in [0, 0.05) is 25.3 Å². The molecule has 0 saturated heterocycles. The van der Waals surface area contributed by atoms with Crippen molar-refractivity contribution in [2.24, 2.45) is 0 Å². The van der Waals surface area contributed by atoms with Crippen LogP contribution in [0.3, 0.4) is 0 Å². The lowest BCUT2D eigenvalue weighted by atomic mass is 10.2. The number of aryl methyl sites for hydroxylation is 1. The fourth-order valence-corrected chi connectivity index (χ4v) is 2.50. The first kappa shape index (κ1) is 14.3. The van der Waals surface area contributed by atoms with Gasteiger partial charge in [-0.25, -0.2) is 15.0 Å². The van der Waals surface area contributed by atoms with Crippen LogP contribution in [0.1, 0.15) is 12.5 Å². The van der Waals surface area contributed by atoms with Gasteiger partial charge < -0.3 is 15.2 Å². The van der Waals surface area contributed by atoms with E-state index in [9.17, 15) is 0 Å². The summed E-state index contributed by atoms with van der Waals surface area (Å²) >= 11 is 0. The number of nitrogens with one attached hydrogen (secondary N) is 2. The molecule has 0 amide bonds. The summed E-state index contributed by atoms with van der Waals surface area (Å²) in [6.45, 7) is 6.95.